The first-order valence-corrected chi connectivity index (χ1v) is 10.5. The van der Waals surface area contributed by atoms with Gasteiger partial charge in [0.25, 0.3) is 0 Å². The minimum atomic E-state index is -0.420. The number of nitrogens with one attached hydrogen (secondary N) is 1. The SMILES string of the molecule is CC=C1C2C=C(C)C[C@]1(N=Cc1cc(Cl)cc(OC)c1O)C1CCC(=O)NC1C2. The van der Waals surface area contributed by atoms with E-state index in [1.165, 1.54) is 18.3 Å². The van der Waals surface area contributed by atoms with Gasteiger partial charge in [-0.25, -0.2) is 0 Å². The number of ether oxygens (including phenoxy) is 1. The summed E-state index contributed by atoms with van der Waals surface area (Å²) in [5.74, 6) is 0.985. The van der Waals surface area contributed by atoms with Crippen LogP contribution < -0.4 is 10.1 Å². The van der Waals surface area contributed by atoms with Gasteiger partial charge in [0, 0.05) is 47.2 Å². The molecule has 0 radical (unpaired) electrons. The number of aromatic hydroxyl groups is 1. The minimum Gasteiger partial charge on any atom is -0.504 e. The Bertz CT molecular complexity index is 936. The summed E-state index contributed by atoms with van der Waals surface area (Å²) in [5.41, 5.74) is 2.74. The Labute approximate surface area is 176 Å². The van der Waals surface area contributed by atoms with Crippen LogP contribution in [0.1, 0.15) is 45.1 Å². The van der Waals surface area contributed by atoms with Gasteiger partial charge >= 0.3 is 0 Å². The molecule has 29 heavy (non-hydrogen) atoms. The largest absolute Gasteiger partial charge is 0.504 e. The highest BCUT2D eigenvalue weighted by Crippen LogP contribution is 2.53. The molecule has 6 heteroatoms. The van der Waals surface area contributed by atoms with Gasteiger partial charge in [0.05, 0.1) is 12.6 Å². The lowest BCUT2D eigenvalue weighted by atomic mass is 9.56. The van der Waals surface area contributed by atoms with Gasteiger partial charge in [-0.3, -0.25) is 9.79 Å². The number of allylic oxidation sites excluding steroid dienone is 2. The number of phenolic OH excluding ortho intramolecular Hbond substituents is 1. The highest BCUT2D eigenvalue weighted by molar-refractivity contribution is 6.31. The van der Waals surface area contributed by atoms with Crippen LogP contribution in [0.3, 0.4) is 0 Å². The fraction of sp³-hybridized carbons (Fsp3) is 0.478. The number of fused-ring (bicyclic) bond motifs is 4. The van der Waals surface area contributed by atoms with Crippen LogP contribution in [0, 0.1) is 11.8 Å². The van der Waals surface area contributed by atoms with E-state index in [2.05, 4.69) is 31.3 Å². The number of halogens is 1. The molecule has 1 aromatic rings. The normalized spacial score (nSPS) is 32.7. The smallest absolute Gasteiger partial charge is 0.220 e. The molecule has 5 nitrogen and oxygen atoms in total. The van der Waals surface area contributed by atoms with Gasteiger partial charge < -0.3 is 15.2 Å². The molecule has 2 fully saturated rings. The number of aliphatic imine (C=N–C) groups is 1. The molecule has 1 saturated carbocycles. The highest BCUT2D eigenvalue weighted by Gasteiger charge is 2.54. The summed E-state index contributed by atoms with van der Waals surface area (Å²) < 4.78 is 5.23. The van der Waals surface area contributed by atoms with Crippen molar-refractivity contribution in [3.8, 4) is 11.5 Å². The summed E-state index contributed by atoms with van der Waals surface area (Å²) in [6, 6.07) is 3.40. The van der Waals surface area contributed by atoms with Crippen molar-refractivity contribution in [1.29, 1.82) is 0 Å². The molecule has 2 N–H and O–H groups in total. The van der Waals surface area contributed by atoms with Crippen molar-refractivity contribution in [2.45, 2.75) is 51.1 Å². The summed E-state index contributed by atoms with van der Waals surface area (Å²) in [6.45, 7) is 4.23. The predicted octanol–water partition coefficient (Wildman–Crippen LogP) is 4.42. The Hall–Kier alpha value is -2.27. The van der Waals surface area contributed by atoms with Crippen molar-refractivity contribution in [1.82, 2.24) is 5.32 Å². The Morgan fingerprint density at radius 3 is 2.93 bits per heavy atom. The van der Waals surface area contributed by atoms with Crippen LogP contribution in [-0.4, -0.2) is 35.9 Å². The molecule has 1 amide bonds. The van der Waals surface area contributed by atoms with E-state index in [9.17, 15) is 9.90 Å². The third-order valence-electron chi connectivity index (χ3n) is 6.60. The molecule has 3 unspecified atom stereocenters. The number of amides is 1. The van der Waals surface area contributed by atoms with Gasteiger partial charge in [-0.1, -0.05) is 29.3 Å². The molecule has 154 valence electrons. The molecule has 2 aliphatic carbocycles. The van der Waals surface area contributed by atoms with Crippen LogP contribution in [0.2, 0.25) is 5.02 Å². The quantitative estimate of drug-likeness (QED) is 0.568. The second-order valence-corrected chi connectivity index (χ2v) is 8.76. The fourth-order valence-electron chi connectivity index (χ4n) is 5.53. The van der Waals surface area contributed by atoms with Crippen molar-refractivity contribution >= 4 is 23.7 Å². The van der Waals surface area contributed by atoms with Crippen LogP contribution in [0.4, 0.5) is 0 Å². The number of carbonyl (C=O) groups excluding carboxylic acids is 1. The number of hydrogen-bond donors (Lipinski definition) is 2. The molecule has 3 aliphatic rings. The lowest BCUT2D eigenvalue weighted by Gasteiger charge is -2.54. The van der Waals surface area contributed by atoms with Crippen LogP contribution in [-0.2, 0) is 4.79 Å². The lowest BCUT2D eigenvalue weighted by Crippen LogP contribution is -2.60. The van der Waals surface area contributed by atoms with Gasteiger partial charge in [-0.15, -0.1) is 0 Å². The maximum atomic E-state index is 12.0. The number of phenols is 1. The third-order valence-corrected chi connectivity index (χ3v) is 6.82. The molecule has 1 saturated heterocycles. The van der Waals surface area contributed by atoms with Gasteiger partial charge in [-0.05, 0) is 44.7 Å². The van der Waals surface area contributed by atoms with E-state index < -0.39 is 5.54 Å². The molecule has 0 aromatic heterocycles. The number of rotatable bonds is 3. The third kappa shape index (κ3) is 3.35. The first kappa shape index (κ1) is 20.0. The summed E-state index contributed by atoms with van der Waals surface area (Å²) in [6.07, 6.45) is 9.31. The van der Waals surface area contributed by atoms with Crippen LogP contribution in [0.25, 0.3) is 0 Å². The molecular weight excluding hydrogens is 388 g/mol. The summed E-state index contributed by atoms with van der Waals surface area (Å²) in [5, 5.41) is 14.2. The second-order valence-electron chi connectivity index (χ2n) is 8.32. The molecule has 1 aromatic carbocycles. The van der Waals surface area contributed by atoms with Crippen molar-refractivity contribution in [2.24, 2.45) is 16.8 Å². The minimum absolute atomic E-state index is 0.0306. The number of nitrogens with zero attached hydrogens (tertiary/aromatic N) is 1. The average Bonchev–Trinajstić information content (AvgIpc) is 2.67. The van der Waals surface area contributed by atoms with E-state index in [0.717, 1.165) is 19.3 Å². The topological polar surface area (TPSA) is 70.9 Å². The second kappa shape index (κ2) is 7.52. The number of piperidine rings is 1. The highest BCUT2D eigenvalue weighted by atomic mass is 35.5. The van der Waals surface area contributed by atoms with Crippen LogP contribution >= 0.6 is 11.6 Å². The van der Waals surface area contributed by atoms with Gasteiger partial charge in [0.2, 0.25) is 5.91 Å². The molecule has 2 bridgehead atoms. The molecule has 4 atom stereocenters. The van der Waals surface area contributed by atoms with E-state index in [-0.39, 0.29) is 29.5 Å². The first-order valence-electron chi connectivity index (χ1n) is 10.1. The van der Waals surface area contributed by atoms with Crippen LogP contribution in [0.15, 0.2) is 40.4 Å². The van der Waals surface area contributed by atoms with E-state index in [1.54, 1.807) is 18.3 Å². The van der Waals surface area contributed by atoms with E-state index in [1.807, 2.05) is 0 Å². The Balaban J connectivity index is 1.82. The van der Waals surface area contributed by atoms with Gasteiger partial charge in [0.1, 0.15) is 0 Å². The standard InChI is InChI=1S/C23H27ClN2O3/c1-4-17-14-7-13(2)11-23(17,18-5-6-21(27)26-19(18)9-14)25-12-15-8-16(24)10-20(29-3)22(15)28/h4,7-8,10,12,14,18-19,28H,5-6,9,11H2,1-3H3,(H,26,27)/t14?,18?,19?,23-/m1/s1. The van der Waals surface area contributed by atoms with Crippen LogP contribution in [0.5, 0.6) is 11.5 Å². The molecule has 4 rings (SSSR count). The first-order chi connectivity index (χ1) is 13.9. The lowest BCUT2D eigenvalue weighted by molar-refractivity contribution is -0.125. The van der Waals surface area contributed by atoms with E-state index in [4.69, 9.17) is 21.3 Å². The monoisotopic (exact) mass is 414 g/mol. The van der Waals surface area contributed by atoms with Crippen molar-refractivity contribution < 1.29 is 14.6 Å². The maximum Gasteiger partial charge on any atom is 0.220 e. The Morgan fingerprint density at radius 2 is 2.21 bits per heavy atom. The molecule has 0 spiro atoms. The van der Waals surface area contributed by atoms with Gasteiger partial charge in [0.15, 0.2) is 11.5 Å². The summed E-state index contributed by atoms with van der Waals surface area (Å²) in [7, 11) is 1.50. The van der Waals surface area contributed by atoms with E-state index >= 15 is 0 Å². The van der Waals surface area contributed by atoms with Crippen molar-refractivity contribution in [3.63, 3.8) is 0 Å². The van der Waals surface area contributed by atoms with Gasteiger partial charge in [-0.2, -0.15) is 0 Å². The number of methoxy groups -OCH3 is 1. The zero-order valence-electron chi connectivity index (χ0n) is 17.0. The Morgan fingerprint density at radius 1 is 1.41 bits per heavy atom. The van der Waals surface area contributed by atoms with E-state index in [0.29, 0.717) is 22.8 Å². The number of carbonyl (C=O) groups is 1. The summed E-state index contributed by atoms with van der Waals surface area (Å²) >= 11 is 6.21. The van der Waals surface area contributed by atoms with Crippen molar-refractivity contribution in [2.75, 3.05) is 7.11 Å². The fourth-order valence-corrected chi connectivity index (χ4v) is 5.75. The molecule has 1 aliphatic heterocycles. The van der Waals surface area contributed by atoms with Crippen molar-refractivity contribution in [3.05, 3.63) is 46.0 Å². The Kier molecular flexibility index (Phi) is 5.19. The number of hydrogen-bond acceptors (Lipinski definition) is 4. The number of benzene rings is 1. The zero-order valence-corrected chi connectivity index (χ0v) is 17.8. The summed E-state index contributed by atoms with van der Waals surface area (Å²) in [4.78, 5) is 17.2. The molecular formula is C23H27ClN2O3. The predicted molar refractivity (Wildman–Crippen MR) is 115 cm³/mol. The molecule has 1 heterocycles. The zero-order chi connectivity index (χ0) is 20.8. The average molecular weight is 415 g/mol. The maximum absolute atomic E-state index is 12.0.